The number of aliphatic carboxylic acids is 1. The van der Waals surface area contributed by atoms with Gasteiger partial charge in [-0.3, -0.25) is 18.6 Å². The van der Waals surface area contributed by atoms with Gasteiger partial charge >= 0.3 is 19.7 Å². The van der Waals surface area contributed by atoms with Crippen molar-refractivity contribution in [3.8, 4) is 0 Å². The summed E-state index contributed by atoms with van der Waals surface area (Å²) in [4.78, 5) is 23.4. The molecular weight excluding hydrogens is 361 g/mol. The summed E-state index contributed by atoms with van der Waals surface area (Å²) in [6.07, 6.45) is -1.45. The first-order chi connectivity index (χ1) is 12.1. The quantitative estimate of drug-likeness (QED) is 0.440. The Hall–Kier alpha value is -1.73. The van der Waals surface area contributed by atoms with Gasteiger partial charge in [-0.25, -0.2) is 9.65 Å². The number of hydrogen-bond donors (Lipinski definition) is 2. The SMILES string of the molecule is CC(C)OP(=O)(N[C@@H](CC(=O)OCc1ccccc1)C(=O)O)OC(C)C. The van der Waals surface area contributed by atoms with Crippen molar-refractivity contribution in [2.45, 2.75) is 59.0 Å². The maximum absolute atomic E-state index is 12.7. The van der Waals surface area contributed by atoms with Crippen molar-refractivity contribution >= 4 is 19.7 Å². The molecular formula is C17H26NO7P. The van der Waals surface area contributed by atoms with E-state index in [0.717, 1.165) is 5.56 Å². The molecule has 0 saturated carbocycles. The Kier molecular flexibility index (Phi) is 8.95. The molecule has 0 heterocycles. The van der Waals surface area contributed by atoms with Gasteiger partial charge in [-0.1, -0.05) is 30.3 Å². The molecule has 9 heteroatoms. The average Bonchev–Trinajstić information content (AvgIpc) is 2.51. The van der Waals surface area contributed by atoms with Crippen LogP contribution in [0, 0.1) is 0 Å². The van der Waals surface area contributed by atoms with Gasteiger partial charge in [-0.2, -0.15) is 0 Å². The highest BCUT2D eigenvalue weighted by atomic mass is 31.2. The van der Waals surface area contributed by atoms with Crippen LogP contribution in [0.5, 0.6) is 0 Å². The van der Waals surface area contributed by atoms with E-state index in [1.165, 1.54) is 0 Å². The van der Waals surface area contributed by atoms with E-state index in [2.05, 4.69) is 5.09 Å². The van der Waals surface area contributed by atoms with Crippen LogP contribution in [0.4, 0.5) is 0 Å². The highest BCUT2D eigenvalue weighted by Crippen LogP contribution is 2.47. The Morgan fingerprint density at radius 2 is 1.62 bits per heavy atom. The van der Waals surface area contributed by atoms with Crippen LogP contribution in [0.1, 0.15) is 39.7 Å². The van der Waals surface area contributed by atoms with Gasteiger partial charge in [0.25, 0.3) is 0 Å². The highest BCUT2D eigenvalue weighted by molar-refractivity contribution is 7.51. The van der Waals surface area contributed by atoms with Crippen LogP contribution in [-0.2, 0) is 34.5 Å². The van der Waals surface area contributed by atoms with Gasteiger partial charge in [-0.05, 0) is 33.3 Å². The maximum Gasteiger partial charge on any atom is 0.406 e. The standard InChI is InChI=1S/C17H26NO7P/c1-12(2)24-26(22,25-13(3)4)18-15(17(20)21)10-16(19)23-11-14-8-6-5-7-9-14/h5-9,12-13,15H,10-11H2,1-4H3,(H,18,22)(H,20,21)/t15-/m0/s1. The van der Waals surface area contributed by atoms with Gasteiger partial charge in [0.1, 0.15) is 12.6 Å². The second kappa shape index (κ2) is 10.4. The number of esters is 1. The summed E-state index contributed by atoms with van der Waals surface area (Å²) < 4.78 is 28.3. The molecule has 1 rings (SSSR count). The summed E-state index contributed by atoms with van der Waals surface area (Å²) in [5, 5.41) is 11.7. The second-order valence-electron chi connectivity index (χ2n) is 6.18. The minimum Gasteiger partial charge on any atom is -0.480 e. The summed E-state index contributed by atoms with van der Waals surface area (Å²) >= 11 is 0. The molecule has 0 aliphatic carbocycles. The molecule has 0 radical (unpaired) electrons. The molecule has 2 N–H and O–H groups in total. The van der Waals surface area contributed by atoms with Gasteiger partial charge in [0.15, 0.2) is 0 Å². The first-order valence-corrected chi connectivity index (χ1v) is 9.82. The van der Waals surface area contributed by atoms with Crippen molar-refractivity contribution in [1.82, 2.24) is 5.09 Å². The van der Waals surface area contributed by atoms with Gasteiger partial charge in [-0.15, -0.1) is 0 Å². The van der Waals surface area contributed by atoms with Crippen LogP contribution < -0.4 is 5.09 Å². The van der Waals surface area contributed by atoms with Crippen molar-refractivity contribution in [2.24, 2.45) is 0 Å². The first-order valence-electron chi connectivity index (χ1n) is 8.28. The van der Waals surface area contributed by atoms with E-state index in [9.17, 15) is 19.3 Å². The predicted octanol–water partition coefficient (Wildman–Crippen LogP) is 3.12. The van der Waals surface area contributed by atoms with E-state index >= 15 is 0 Å². The molecule has 8 nitrogen and oxygen atoms in total. The van der Waals surface area contributed by atoms with Crippen molar-refractivity contribution in [2.75, 3.05) is 0 Å². The molecule has 0 saturated heterocycles. The molecule has 0 spiro atoms. The van der Waals surface area contributed by atoms with E-state index in [0.29, 0.717) is 0 Å². The zero-order chi connectivity index (χ0) is 19.7. The number of carbonyl (C=O) groups excluding carboxylic acids is 1. The normalized spacial score (nSPS) is 13.0. The Morgan fingerprint density at radius 3 is 2.08 bits per heavy atom. The number of rotatable bonds is 11. The molecule has 0 aromatic heterocycles. The van der Waals surface area contributed by atoms with Crippen LogP contribution in [0.3, 0.4) is 0 Å². The average molecular weight is 387 g/mol. The van der Waals surface area contributed by atoms with Crippen molar-refractivity contribution in [1.29, 1.82) is 0 Å². The Morgan fingerprint density at radius 1 is 1.08 bits per heavy atom. The number of hydrogen-bond acceptors (Lipinski definition) is 6. The van der Waals surface area contributed by atoms with Crippen LogP contribution in [0.2, 0.25) is 0 Å². The third-order valence-corrected chi connectivity index (χ3v) is 4.95. The predicted molar refractivity (Wildman–Crippen MR) is 95.5 cm³/mol. The molecule has 0 fully saturated rings. The molecule has 0 amide bonds. The van der Waals surface area contributed by atoms with Crippen molar-refractivity contribution in [3.63, 3.8) is 0 Å². The summed E-state index contributed by atoms with van der Waals surface area (Å²) in [6, 6.07) is 7.52. The van der Waals surface area contributed by atoms with E-state index < -0.39 is 44.4 Å². The molecule has 0 aliphatic rings. The van der Waals surface area contributed by atoms with E-state index in [-0.39, 0.29) is 6.61 Å². The zero-order valence-corrected chi connectivity index (χ0v) is 16.3. The molecule has 26 heavy (non-hydrogen) atoms. The summed E-state index contributed by atoms with van der Waals surface area (Å²) in [6.45, 7) is 6.59. The topological polar surface area (TPSA) is 111 Å². The van der Waals surface area contributed by atoms with Crippen LogP contribution in [0.25, 0.3) is 0 Å². The number of benzene rings is 1. The third-order valence-electron chi connectivity index (χ3n) is 2.92. The molecule has 0 unspecified atom stereocenters. The smallest absolute Gasteiger partial charge is 0.406 e. The van der Waals surface area contributed by atoms with Crippen LogP contribution >= 0.6 is 7.75 Å². The largest absolute Gasteiger partial charge is 0.480 e. The number of ether oxygens (including phenoxy) is 1. The van der Waals surface area contributed by atoms with Gasteiger partial charge in [0, 0.05) is 0 Å². The lowest BCUT2D eigenvalue weighted by molar-refractivity contribution is -0.150. The van der Waals surface area contributed by atoms with E-state index in [1.807, 2.05) is 6.07 Å². The lowest BCUT2D eigenvalue weighted by Gasteiger charge is -2.25. The molecule has 146 valence electrons. The molecule has 1 aromatic rings. The summed E-state index contributed by atoms with van der Waals surface area (Å²) in [5.74, 6) is -2.10. The summed E-state index contributed by atoms with van der Waals surface area (Å²) in [7, 11) is -3.91. The first kappa shape index (κ1) is 22.3. The van der Waals surface area contributed by atoms with Crippen LogP contribution in [0.15, 0.2) is 30.3 Å². The minimum atomic E-state index is -3.91. The second-order valence-corrected chi connectivity index (χ2v) is 7.85. The minimum absolute atomic E-state index is 0.0225. The fourth-order valence-corrected chi connectivity index (χ4v) is 3.85. The number of carboxylic acids is 1. The number of nitrogens with one attached hydrogen (secondary N) is 1. The monoisotopic (exact) mass is 387 g/mol. The fourth-order valence-electron chi connectivity index (χ4n) is 1.98. The molecule has 0 aliphatic heterocycles. The molecule has 1 atom stereocenters. The van der Waals surface area contributed by atoms with Crippen molar-refractivity contribution < 1.29 is 33.0 Å². The van der Waals surface area contributed by atoms with E-state index in [4.69, 9.17) is 13.8 Å². The number of carboxylic acid groups (broad SMARTS) is 1. The molecule has 0 bridgehead atoms. The lowest BCUT2D eigenvalue weighted by atomic mass is 10.2. The Bertz CT molecular complexity index is 619. The lowest BCUT2D eigenvalue weighted by Crippen LogP contribution is -2.38. The third kappa shape index (κ3) is 8.58. The highest BCUT2D eigenvalue weighted by Gasteiger charge is 2.35. The zero-order valence-electron chi connectivity index (χ0n) is 15.4. The maximum atomic E-state index is 12.7. The van der Waals surface area contributed by atoms with Crippen LogP contribution in [-0.4, -0.2) is 35.3 Å². The Labute approximate surface area is 153 Å². The van der Waals surface area contributed by atoms with Gasteiger partial charge in [0.05, 0.1) is 18.6 Å². The Balaban J connectivity index is 2.72. The fraction of sp³-hybridized carbons (Fsp3) is 0.529. The summed E-state index contributed by atoms with van der Waals surface area (Å²) in [5.41, 5.74) is 0.776. The molecule has 1 aromatic carbocycles. The number of carbonyl (C=O) groups is 2. The van der Waals surface area contributed by atoms with Gasteiger partial charge < -0.3 is 9.84 Å². The van der Waals surface area contributed by atoms with Gasteiger partial charge in [0.2, 0.25) is 0 Å². The van der Waals surface area contributed by atoms with Crippen molar-refractivity contribution in [3.05, 3.63) is 35.9 Å². The van der Waals surface area contributed by atoms with E-state index in [1.54, 1.807) is 52.0 Å².